The number of amides is 1. The predicted octanol–water partition coefficient (Wildman–Crippen LogP) is 2.08. The number of aliphatic carboxylic acids is 1. The normalized spacial score (nSPS) is 12.4. The molecule has 0 heterocycles. The molecule has 0 saturated heterocycles. The highest BCUT2D eigenvalue weighted by molar-refractivity contribution is 7.90. The molecule has 26 heavy (non-hydrogen) atoms. The highest BCUT2D eigenvalue weighted by Crippen LogP contribution is 2.17. The molecule has 0 aliphatic rings. The lowest BCUT2D eigenvalue weighted by atomic mass is 10.0. The van der Waals surface area contributed by atoms with Crippen LogP contribution >= 0.6 is 0 Å². The maximum Gasteiger partial charge on any atom is 0.326 e. The Morgan fingerprint density at radius 1 is 1.12 bits per heavy atom. The lowest BCUT2D eigenvalue weighted by Crippen LogP contribution is -2.42. The summed E-state index contributed by atoms with van der Waals surface area (Å²) in [5, 5.41) is 11.9. The van der Waals surface area contributed by atoms with Crippen LogP contribution in [0.15, 0.2) is 53.4 Å². The number of sulfone groups is 1. The molecule has 7 heteroatoms. The molecule has 1 amide bonds. The zero-order valence-corrected chi connectivity index (χ0v) is 15.4. The van der Waals surface area contributed by atoms with Crippen LogP contribution in [0.1, 0.15) is 28.4 Å². The second-order valence-electron chi connectivity index (χ2n) is 6.00. The van der Waals surface area contributed by atoms with Gasteiger partial charge in [0.15, 0.2) is 9.84 Å². The third-order valence-electron chi connectivity index (χ3n) is 4.02. The van der Waals surface area contributed by atoms with Crippen molar-refractivity contribution in [1.82, 2.24) is 5.32 Å². The highest BCUT2D eigenvalue weighted by Gasteiger charge is 2.23. The number of nitrogens with one attached hydrogen (secondary N) is 1. The van der Waals surface area contributed by atoms with Crippen molar-refractivity contribution in [2.24, 2.45) is 0 Å². The third kappa shape index (κ3) is 4.92. The molecule has 0 fully saturated rings. The van der Waals surface area contributed by atoms with E-state index in [4.69, 9.17) is 0 Å². The van der Waals surface area contributed by atoms with Crippen LogP contribution in [-0.2, 0) is 27.5 Å². The number of hydrogen-bond donors (Lipinski definition) is 2. The van der Waals surface area contributed by atoms with Crippen LogP contribution in [0.2, 0.25) is 0 Å². The van der Waals surface area contributed by atoms with Crippen molar-refractivity contribution < 1.29 is 23.1 Å². The molecule has 0 aliphatic heterocycles. The monoisotopic (exact) mass is 375 g/mol. The van der Waals surface area contributed by atoms with Crippen molar-refractivity contribution in [3.63, 3.8) is 0 Å². The molecular formula is C19H21NO5S. The van der Waals surface area contributed by atoms with E-state index in [0.717, 1.165) is 11.8 Å². The minimum Gasteiger partial charge on any atom is -0.480 e. The Hall–Kier alpha value is -2.67. The van der Waals surface area contributed by atoms with Crippen LogP contribution in [0, 0.1) is 0 Å². The van der Waals surface area contributed by atoms with Crippen molar-refractivity contribution in [2.45, 2.75) is 30.7 Å². The molecule has 0 aromatic heterocycles. The zero-order chi connectivity index (χ0) is 19.3. The number of carboxylic acid groups (broad SMARTS) is 1. The van der Waals surface area contributed by atoms with E-state index in [2.05, 4.69) is 5.32 Å². The average Bonchev–Trinajstić information content (AvgIpc) is 2.60. The fourth-order valence-corrected chi connectivity index (χ4v) is 3.24. The molecule has 0 bridgehead atoms. The van der Waals surface area contributed by atoms with Crippen LogP contribution in [0.4, 0.5) is 0 Å². The smallest absolute Gasteiger partial charge is 0.326 e. The molecule has 2 N–H and O–H groups in total. The first-order valence-corrected chi connectivity index (χ1v) is 10.0. The molecule has 2 rings (SSSR count). The maximum absolute atomic E-state index is 12.6. The largest absolute Gasteiger partial charge is 0.480 e. The van der Waals surface area contributed by atoms with Crippen LogP contribution < -0.4 is 5.32 Å². The highest BCUT2D eigenvalue weighted by atomic mass is 32.2. The molecule has 0 aliphatic carbocycles. The molecule has 6 nitrogen and oxygen atoms in total. The Kier molecular flexibility index (Phi) is 6.15. The van der Waals surface area contributed by atoms with Crippen LogP contribution in [0.5, 0.6) is 0 Å². The van der Waals surface area contributed by atoms with Gasteiger partial charge < -0.3 is 10.4 Å². The molecule has 0 spiro atoms. The van der Waals surface area contributed by atoms with Gasteiger partial charge in [-0.1, -0.05) is 43.3 Å². The van der Waals surface area contributed by atoms with Crippen LogP contribution in [-0.4, -0.2) is 37.7 Å². The first-order valence-electron chi connectivity index (χ1n) is 8.13. The molecule has 0 radical (unpaired) electrons. The van der Waals surface area contributed by atoms with Crippen molar-refractivity contribution in [2.75, 3.05) is 6.26 Å². The molecule has 0 saturated carbocycles. The topological polar surface area (TPSA) is 101 Å². The quantitative estimate of drug-likeness (QED) is 0.772. The Balaban J connectivity index is 2.30. The van der Waals surface area contributed by atoms with Gasteiger partial charge in [0.1, 0.15) is 6.04 Å². The second-order valence-corrected chi connectivity index (χ2v) is 8.01. The summed E-state index contributed by atoms with van der Waals surface area (Å²) in [5.41, 5.74) is 1.61. The molecule has 1 atom stereocenters. The minimum atomic E-state index is -3.47. The van der Waals surface area contributed by atoms with E-state index < -0.39 is 27.8 Å². The number of hydrogen-bond acceptors (Lipinski definition) is 4. The zero-order valence-electron chi connectivity index (χ0n) is 14.6. The number of rotatable bonds is 7. The Morgan fingerprint density at radius 2 is 1.77 bits per heavy atom. The first kappa shape index (κ1) is 19.7. The van der Waals surface area contributed by atoms with E-state index in [-0.39, 0.29) is 16.9 Å². The number of carbonyl (C=O) groups is 2. The lowest BCUT2D eigenvalue weighted by Gasteiger charge is -2.16. The SMILES string of the molecule is CCc1ccc(S(C)(=O)=O)cc1C(=O)N[C@H](Cc1ccccc1)C(=O)O. The molecule has 0 unspecified atom stereocenters. The van der Waals surface area contributed by atoms with Gasteiger partial charge in [-0.2, -0.15) is 0 Å². The summed E-state index contributed by atoms with van der Waals surface area (Å²) < 4.78 is 23.5. The van der Waals surface area contributed by atoms with Gasteiger partial charge in [0.05, 0.1) is 4.90 Å². The molecule has 2 aromatic rings. The Labute approximate surface area is 152 Å². The van der Waals surface area contributed by atoms with Gasteiger partial charge in [-0.05, 0) is 29.7 Å². The number of benzene rings is 2. The fourth-order valence-electron chi connectivity index (χ4n) is 2.59. The van der Waals surface area contributed by atoms with Crippen LogP contribution in [0.3, 0.4) is 0 Å². The summed E-state index contributed by atoms with van der Waals surface area (Å²) in [6, 6.07) is 12.2. The van der Waals surface area contributed by atoms with E-state index in [1.807, 2.05) is 13.0 Å². The van der Waals surface area contributed by atoms with Crippen molar-refractivity contribution in [3.8, 4) is 0 Å². The van der Waals surface area contributed by atoms with Gasteiger partial charge in [-0.15, -0.1) is 0 Å². The van der Waals surface area contributed by atoms with E-state index in [1.54, 1.807) is 30.3 Å². The van der Waals surface area contributed by atoms with Gasteiger partial charge >= 0.3 is 5.97 Å². The van der Waals surface area contributed by atoms with Gasteiger partial charge in [-0.25, -0.2) is 13.2 Å². The second kappa shape index (κ2) is 8.14. The summed E-state index contributed by atoms with van der Waals surface area (Å²) >= 11 is 0. The maximum atomic E-state index is 12.6. The molecule has 2 aromatic carbocycles. The van der Waals surface area contributed by atoms with Crippen molar-refractivity contribution in [1.29, 1.82) is 0 Å². The van der Waals surface area contributed by atoms with Gasteiger partial charge in [0.2, 0.25) is 0 Å². The Morgan fingerprint density at radius 3 is 2.31 bits per heavy atom. The van der Waals surface area contributed by atoms with E-state index >= 15 is 0 Å². The fraction of sp³-hybridized carbons (Fsp3) is 0.263. The van der Waals surface area contributed by atoms with E-state index in [0.29, 0.717) is 12.0 Å². The van der Waals surface area contributed by atoms with Gasteiger partial charge in [-0.3, -0.25) is 4.79 Å². The predicted molar refractivity (Wildman–Crippen MR) is 98.0 cm³/mol. The van der Waals surface area contributed by atoms with Gasteiger partial charge in [0, 0.05) is 18.2 Å². The van der Waals surface area contributed by atoms with Crippen LogP contribution in [0.25, 0.3) is 0 Å². The molecule has 138 valence electrons. The molecular weight excluding hydrogens is 354 g/mol. The average molecular weight is 375 g/mol. The summed E-state index contributed by atoms with van der Waals surface area (Å²) in [7, 11) is -3.47. The standard InChI is InChI=1S/C19H21NO5S/c1-3-14-9-10-15(26(2,24)25)12-16(14)18(21)20-17(19(22)23)11-13-7-5-4-6-8-13/h4-10,12,17H,3,11H2,1-2H3,(H,20,21)(H,22,23)/t17-/m1/s1. The summed E-state index contributed by atoms with van der Waals surface area (Å²) in [4.78, 5) is 24.2. The number of carboxylic acids is 1. The van der Waals surface area contributed by atoms with E-state index in [1.165, 1.54) is 12.1 Å². The lowest BCUT2D eigenvalue weighted by molar-refractivity contribution is -0.139. The van der Waals surface area contributed by atoms with E-state index in [9.17, 15) is 23.1 Å². The summed E-state index contributed by atoms with van der Waals surface area (Å²) in [5.74, 6) is -1.75. The number of carbonyl (C=O) groups excluding carboxylic acids is 1. The first-order chi connectivity index (χ1) is 12.2. The summed E-state index contributed by atoms with van der Waals surface area (Å²) in [6.07, 6.45) is 1.71. The van der Waals surface area contributed by atoms with Gasteiger partial charge in [0.25, 0.3) is 5.91 Å². The van der Waals surface area contributed by atoms with Crippen molar-refractivity contribution in [3.05, 3.63) is 65.2 Å². The van der Waals surface area contributed by atoms with Crippen molar-refractivity contribution >= 4 is 21.7 Å². The summed E-state index contributed by atoms with van der Waals surface area (Å²) in [6.45, 7) is 1.84. The minimum absolute atomic E-state index is 0.0229. The third-order valence-corrected chi connectivity index (χ3v) is 5.13. The number of aryl methyl sites for hydroxylation is 1. The Bertz CT molecular complexity index is 907.